The highest BCUT2D eigenvalue weighted by Crippen LogP contribution is 2.38. The third-order valence-electron chi connectivity index (χ3n) is 2.62. The van der Waals surface area contributed by atoms with Crippen molar-refractivity contribution in [1.82, 2.24) is 0 Å². The van der Waals surface area contributed by atoms with Crippen molar-refractivity contribution < 1.29 is 33.6 Å². The lowest BCUT2D eigenvalue weighted by molar-refractivity contribution is 0.0535. The Morgan fingerprint density at radius 1 is 1.20 bits per heavy atom. The van der Waals surface area contributed by atoms with Gasteiger partial charge in [0.05, 0.1) is 19.8 Å². The van der Waals surface area contributed by atoms with Crippen molar-refractivity contribution >= 4 is 5.97 Å². The van der Waals surface area contributed by atoms with Crippen LogP contribution >= 0.6 is 0 Å². The van der Waals surface area contributed by atoms with Crippen LogP contribution in [-0.2, 0) is 9.47 Å². The normalized spacial score (nSPS) is 12.4. The van der Waals surface area contributed by atoms with Crippen molar-refractivity contribution in [3.8, 4) is 17.2 Å². The topological polar surface area (TPSA) is 83.5 Å². The summed E-state index contributed by atoms with van der Waals surface area (Å²) >= 11 is 0. The van der Waals surface area contributed by atoms with E-state index in [0.717, 1.165) is 0 Å². The number of rotatable bonds is 8. The number of hydrogen-bond donors (Lipinski definition) is 1. The number of carboxylic acids is 1. The molecule has 110 valence electrons. The van der Waals surface area contributed by atoms with Gasteiger partial charge in [-0.3, -0.25) is 0 Å². The first kappa shape index (κ1) is 14.4. The number of carbonyl (C=O) groups is 1. The standard InChI is InChI=1S/C13H16O7/c1-16-2-3-17-4-5-18-10-7-12-11(19-8-20-12)6-9(10)13(14)15/h6-7H,2-5,8H2,1H3,(H,14,15). The predicted octanol–water partition coefficient (Wildman–Crippen LogP) is 1.16. The van der Waals surface area contributed by atoms with Gasteiger partial charge < -0.3 is 28.8 Å². The SMILES string of the molecule is COCCOCCOc1cc2c(cc1C(=O)O)OCO2. The average Bonchev–Trinajstić information content (AvgIpc) is 2.88. The fourth-order valence-corrected chi connectivity index (χ4v) is 1.66. The Bertz CT molecular complexity index is 472. The molecule has 0 saturated carbocycles. The van der Waals surface area contributed by atoms with Gasteiger partial charge in [0, 0.05) is 19.2 Å². The molecule has 0 atom stereocenters. The maximum Gasteiger partial charge on any atom is 0.339 e. The fourth-order valence-electron chi connectivity index (χ4n) is 1.66. The van der Waals surface area contributed by atoms with Crippen molar-refractivity contribution in [2.24, 2.45) is 0 Å². The maximum atomic E-state index is 11.2. The summed E-state index contributed by atoms with van der Waals surface area (Å²) < 4.78 is 25.8. The molecule has 0 unspecified atom stereocenters. The van der Waals surface area contributed by atoms with Crippen LogP contribution in [0.4, 0.5) is 0 Å². The quantitative estimate of drug-likeness (QED) is 0.717. The molecule has 0 saturated heterocycles. The molecule has 0 aliphatic carbocycles. The molecule has 0 radical (unpaired) electrons. The van der Waals surface area contributed by atoms with E-state index in [9.17, 15) is 4.79 Å². The number of hydrogen-bond acceptors (Lipinski definition) is 6. The van der Waals surface area contributed by atoms with E-state index in [2.05, 4.69) is 0 Å². The molecule has 2 rings (SSSR count). The van der Waals surface area contributed by atoms with Crippen molar-refractivity contribution in [2.75, 3.05) is 40.3 Å². The molecule has 1 aliphatic heterocycles. The summed E-state index contributed by atoms with van der Waals surface area (Å²) in [7, 11) is 1.59. The Morgan fingerprint density at radius 3 is 2.60 bits per heavy atom. The maximum absolute atomic E-state index is 11.2. The third kappa shape index (κ3) is 3.52. The van der Waals surface area contributed by atoms with Gasteiger partial charge in [-0.05, 0) is 0 Å². The molecule has 1 heterocycles. The molecule has 0 spiro atoms. The smallest absolute Gasteiger partial charge is 0.339 e. The molecule has 1 aromatic carbocycles. The molecular weight excluding hydrogens is 268 g/mol. The van der Waals surface area contributed by atoms with Crippen molar-refractivity contribution in [1.29, 1.82) is 0 Å². The minimum atomic E-state index is -1.08. The third-order valence-corrected chi connectivity index (χ3v) is 2.62. The monoisotopic (exact) mass is 284 g/mol. The fraction of sp³-hybridized carbons (Fsp3) is 0.462. The van der Waals surface area contributed by atoms with Crippen LogP contribution in [0.5, 0.6) is 17.2 Å². The molecule has 7 heteroatoms. The van der Waals surface area contributed by atoms with Gasteiger partial charge in [-0.15, -0.1) is 0 Å². The van der Waals surface area contributed by atoms with E-state index in [4.69, 9.17) is 28.8 Å². The van der Waals surface area contributed by atoms with Gasteiger partial charge in [0.15, 0.2) is 11.5 Å². The number of methoxy groups -OCH3 is 1. The van der Waals surface area contributed by atoms with E-state index < -0.39 is 5.97 Å². The van der Waals surface area contributed by atoms with Crippen LogP contribution in [-0.4, -0.2) is 51.4 Å². The van der Waals surface area contributed by atoms with Gasteiger partial charge in [0.2, 0.25) is 6.79 Å². The molecule has 0 bridgehead atoms. The highest BCUT2D eigenvalue weighted by molar-refractivity contribution is 5.92. The number of ether oxygens (including phenoxy) is 5. The van der Waals surface area contributed by atoms with Crippen LogP contribution < -0.4 is 14.2 Å². The number of fused-ring (bicyclic) bond motifs is 1. The second kappa shape index (κ2) is 6.97. The summed E-state index contributed by atoms with van der Waals surface area (Å²) in [6.07, 6.45) is 0. The molecular formula is C13H16O7. The Morgan fingerprint density at radius 2 is 1.90 bits per heavy atom. The number of carboxylic acid groups (broad SMARTS) is 1. The van der Waals surface area contributed by atoms with E-state index in [1.165, 1.54) is 12.1 Å². The minimum absolute atomic E-state index is 0.0335. The van der Waals surface area contributed by atoms with Crippen LogP contribution in [0.25, 0.3) is 0 Å². The van der Waals surface area contributed by atoms with Gasteiger partial charge in [-0.25, -0.2) is 4.79 Å². The molecule has 1 aromatic rings. The summed E-state index contributed by atoms with van der Waals surface area (Å²) in [5, 5.41) is 9.15. The second-order valence-electron chi connectivity index (χ2n) is 3.96. The lowest BCUT2D eigenvalue weighted by Gasteiger charge is -2.10. The van der Waals surface area contributed by atoms with Gasteiger partial charge >= 0.3 is 5.97 Å². The highest BCUT2D eigenvalue weighted by atomic mass is 16.7. The van der Waals surface area contributed by atoms with Crippen LogP contribution in [0.1, 0.15) is 10.4 Å². The van der Waals surface area contributed by atoms with Crippen LogP contribution in [0, 0.1) is 0 Å². The largest absolute Gasteiger partial charge is 0.490 e. The second-order valence-corrected chi connectivity index (χ2v) is 3.96. The minimum Gasteiger partial charge on any atom is -0.490 e. The van der Waals surface area contributed by atoms with E-state index in [1.807, 2.05) is 0 Å². The van der Waals surface area contributed by atoms with Gasteiger partial charge in [0.1, 0.15) is 17.9 Å². The lowest BCUT2D eigenvalue weighted by Crippen LogP contribution is -2.11. The van der Waals surface area contributed by atoms with Crippen LogP contribution in [0.3, 0.4) is 0 Å². The molecule has 20 heavy (non-hydrogen) atoms. The van der Waals surface area contributed by atoms with E-state index >= 15 is 0 Å². The summed E-state index contributed by atoms with van der Waals surface area (Å²) in [4.78, 5) is 11.2. The first-order chi connectivity index (χ1) is 9.72. The van der Waals surface area contributed by atoms with Crippen LogP contribution in [0.15, 0.2) is 12.1 Å². The zero-order valence-corrected chi connectivity index (χ0v) is 11.1. The highest BCUT2D eigenvalue weighted by Gasteiger charge is 2.21. The van der Waals surface area contributed by atoms with E-state index in [1.54, 1.807) is 7.11 Å². The van der Waals surface area contributed by atoms with E-state index in [-0.39, 0.29) is 24.7 Å². The molecule has 7 nitrogen and oxygen atoms in total. The van der Waals surface area contributed by atoms with Crippen molar-refractivity contribution in [3.63, 3.8) is 0 Å². The Hall–Kier alpha value is -1.99. The zero-order chi connectivity index (χ0) is 14.4. The average molecular weight is 284 g/mol. The summed E-state index contributed by atoms with van der Waals surface area (Å²) in [5.41, 5.74) is 0.0335. The van der Waals surface area contributed by atoms with Gasteiger partial charge in [-0.1, -0.05) is 0 Å². The molecule has 0 aromatic heterocycles. The summed E-state index contributed by atoms with van der Waals surface area (Å²) in [6.45, 7) is 1.63. The van der Waals surface area contributed by atoms with Crippen molar-refractivity contribution in [3.05, 3.63) is 17.7 Å². The lowest BCUT2D eigenvalue weighted by atomic mass is 10.2. The Balaban J connectivity index is 1.94. The van der Waals surface area contributed by atoms with E-state index in [0.29, 0.717) is 31.3 Å². The van der Waals surface area contributed by atoms with Gasteiger partial charge in [-0.2, -0.15) is 0 Å². The Labute approximate surface area is 116 Å². The first-order valence-electron chi connectivity index (χ1n) is 6.09. The first-order valence-corrected chi connectivity index (χ1v) is 6.09. The molecule has 0 amide bonds. The molecule has 0 fully saturated rings. The summed E-state index contributed by atoms with van der Waals surface area (Å²) in [5.74, 6) is 0.0343. The Kier molecular flexibility index (Phi) is 5.03. The van der Waals surface area contributed by atoms with Crippen molar-refractivity contribution in [2.45, 2.75) is 0 Å². The van der Waals surface area contributed by atoms with Gasteiger partial charge in [0.25, 0.3) is 0 Å². The molecule has 1 aliphatic rings. The van der Waals surface area contributed by atoms with Crippen LogP contribution in [0.2, 0.25) is 0 Å². The number of aromatic carboxylic acids is 1. The zero-order valence-electron chi connectivity index (χ0n) is 11.1. The molecule has 1 N–H and O–H groups in total. The summed E-state index contributed by atoms with van der Waals surface area (Å²) in [6, 6.07) is 2.91. The predicted molar refractivity (Wildman–Crippen MR) is 67.7 cm³/mol. The number of benzene rings is 1.